The Morgan fingerprint density at radius 3 is 2.39 bits per heavy atom. The summed E-state index contributed by atoms with van der Waals surface area (Å²) in [4.78, 5) is 17.4. The number of likely N-dealkylation sites (N-methyl/N-ethyl adjacent to an activating group) is 1. The lowest BCUT2D eigenvalue weighted by molar-refractivity contribution is 0.0731. The van der Waals surface area contributed by atoms with E-state index in [4.69, 9.17) is 4.52 Å². The predicted molar refractivity (Wildman–Crippen MR) is 110 cm³/mol. The molecule has 0 aliphatic carbocycles. The van der Waals surface area contributed by atoms with Gasteiger partial charge in [0.05, 0.1) is 5.56 Å². The highest BCUT2D eigenvalue weighted by atomic mass is 16.5. The molecule has 2 heterocycles. The van der Waals surface area contributed by atoms with Crippen LogP contribution in [0.15, 0.2) is 47.0 Å². The van der Waals surface area contributed by atoms with Gasteiger partial charge in [-0.1, -0.05) is 35.5 Å². The molecule has 0 fully saturated rings. The van der Waals surface area contributed by atoms with E-state index in [0.29, 0.717) is 24.5 Å². The Bertz CT molecular complexity index is 941. The van der Waals surface area contributed by atoms with Crippen LogP contribution in [-0.4, -0.2) is 52.6 Å². The van der Waals surface area contributed by atoms with Crippen molar-refractivity contribution in [3.8, 4) is 5.82 Å². The Kier molecular flexibility index (Phi) is 5.99. The first kappa shape index (κ1) is 19.9. The van der Waals surface area contributed by atoms with E-state index in [9.17, 15) is 4.79 Å². The van der Waals surface area contributed by atoms with Crippen molar-refractivity contribution in [2.45, 2.75) is 27.3 Å². The third-order valence-electron chi connectivity index (χ3n) is 4.83. The second-order valence-electron chi connectivity index (χ2n) is 7.43. The largest absolute Gasteiger partial charge is 0.360 e. The van der Waals surface area contributed by atoms with E-state index >= 15 is 0 Å². The monoisotopic (exact) mass is 380 g/mol. The van der Waals surface area contributed by atoms with Crippen LogP contribution in [-0.2, 0) is 6.54 Å². The van der Waals surface area contributed by atoms with Gasteiger partial charge in [0.1, 0.15) is 5.76 Å². The molecule has 0 saturated heterocycles. The van der Waals surface area contributed by atoms with Gasteiger partial charge in [-0.2, -0.15) is 0 Å². The quantitative estimate of drug-likeness (QED) is 0.628. The minimum absolute atomic E-state index is 0.0327. The van der Waals surface area contributed by atoms with Gasteiger partial charge in [-0.15, -0.1) is 0 Å². The molecule has 2 aromatic heterocycles. The maximum atomic E-state index is 13.4. The number of rotatable bonds is 7. The zero-order valence-corrected chi connectivity index (χ0v) is 17.3. The fourth-order valence-corrected chi connectivity index (χ4v) is 3.34. The van der Waals surface area contributed by atoms with Crippen LogP contribution in [0.3, 0.4) is 0 Å². The Labute approximate surface area is 166 Å². The van der Waals surface area contributed by atoms with E-state index < -0.39 is 0 Å². The zero-order valence-electron chi connectivity index (χ0n) is 17.3. The molecular formula is C22H28N4O2. The third-order valence-corrected chi connectivity index (χ3v) is 4.83. The summed E-state index contributed by atoms with van der Waals surface area (Å²) in [6.07, 6.45) is 0. The number of benzene rings is 1. The minimum atomic E-state index is 0.0327. The summed E-state index contributed by atoms with van der Waals surface area (Å²) in [5, 5.41) is 4.11. The molecule has 0 saturated carbocycles. The number of amides is 1. The molecule has 0 bridgehead atoms. The van der Waals surface area contributed by atoms with Crippen molar-refractivity contribution < 1.29 is 9.32 Å². The lowest BCUT2D eigenvalue weighted by atomic mass is 10.1. The van der Waals surface area contributed by atoms with Crippen molar-refractivity contribution in [1.29, 1.82) is 0 Å². The van der Waals surface area contributed by atoms with Gasteiger partial charge in [0.2, 0.25) is 0 Å². The minimum Gasteiger partial charge on any atom is -0.360 e. The molecule has 0 unspecified atom stereocenters. The number of carbonyl (C=O) groups is 1. The molecular weight excluding hydrogens is 352 g/mol. The number of aromatic nitrogens is 2. The predicted octanol–water partition coefficient (Wildman–Crippen LogP) is 3.59. The van der Waals surface area contributed by atoms with Gasteiger partial charge in [0, 0.05) is 37.1 Å². The summed E-state index contributed by atoms with van der Waals surface area (Å²) < 4.78 is 7.19. The summed E-state index contributed by atoms with van der Waals surface area (Å²) in [5.41, 5.74) is 3.66. The molecule has 148 valence electrons. The van der Waals surface area contributed by atoms with Crippen LogP contribution in [0.5, 0.6) is 0 Å². The Morgan fingerprint density at radius 1 is 1.07 bits per heavy atom. The standard InChI is InChI=1S/C22H28N4O2/c1-16-13-20(18(3)26(16)21-14-17(2)28-23-21)22(27)25(12-11-24(4)5)15-19-9-7-6-8-10-19/h6-10,13-14H,11-12,15H2,1-5H3. The maximum Gasteiger partial charge on any atom is 0.256 e. The Balaban J connectivity index is 1.91. The first-order chi connectivity index (χ1) is 13.4. The van der Waals surface area contributed by atoms with Crippen LogP contribution >= 0.6 is 0 Å². The van der Waals surface area contributed by atoms with Crippen LogP contribution in [0.2, 0.25) is 0 Å². The van der Waals surface area contributed by atoms with E-state index in [0.717, 1.165) is 29.3 Å². The first-order valence-electron chi connectivity index (χ1n) is 9.47. The summed E-state index contributed by atoms with van der Waals surface area (Å²) in [6, 6.07) is 13.9. The molecule has 6 nitrogen and oxygen atoms in total. The van der Waals surface area contributed by atoms with Crippen molar-refractivity contribution in [3.63, 3.8) is 0 Å². The van der Waals surface area contributed by atoms with E-state index in [-0.39, 0.29) is 5.91 Å². The highest BCUT2D eigenvalue weighted by Gasteiger charge is 2.23. The molecule has 28 heavy (non-hydrogen) atoms. The van der Waals surface area contributed by atoms with E-state index in [1.54, 1.807) is 0 Å². The van der Waals surface area contributed by atoms with Gasteiger partial charge in [-0.3, -0.25) is 9.36 Å². The Hall–Kier alpha value is -2.86. The SMILES string of the molecule is Cc1cc(-n2c(C)cc(C(=O)N(CCN(C)C)Cc3ccccc3)c2C)no1. The maximum absolute atomic E-state index is 13.4. The number of carbonyl (C=O) groups excluding carboxylic acids is 1. The van der Waals surface area contributed by atoms with Crippen molar-refractivity contribution >= 4 is 5.91 Å². The van der Waals surface area contributed by atoms with Crippen molar-refractivity contribution in [2.24, 2.45) is 0 Å². The lowest BCUT2D eigenvalue weighted by Gasteiger charge is -2.24. The molecule has 6 heteroatoms. The highest BCUT2D eigenvalue weighted by molar-refractivity contribution is 5.96. The summed E-state index contributed by atoms with van der Waals surface area (Å²) in [7, 11) is 4.04. The van der Waals surface area contributed by atoms with Gasteiger partial charge >= 0.3 is 0 Å². The van der Waals surface area contributed by atoms with Crippen LogP contribution in [0.25, 0.3) is 5.82 Å². The fraction of sp³-hybridized carbons (Fsp3) is 0.364. The molecule has 0 spiro atoms. The molecule has 0 aliphatic rings. The zero-order chi connectivity index (χ0) is 20.3. The summed E-state index contributed by atoms with van der Waals surface area (Å²) in [5.74, 6) is 1.48. The number of hydrogen-bond acceptors (Lipinski definition) is 4. The van der Waals surface area contributed by atoms with Crippen molar-refractivity contribution in [2.75, 3.05) is 27.2 Å². The summed E-state index contributed by atoms with van der Waals surface area (Å²) in [6.45, 7) is 7.85. The highest BCUT2D eigenvalue weighted by Crippen LogP contribution is 2.22. The molecule has 0 aliphatic heterocycles. The molecule has 0 radical (unpaired) electrons. The van der Waals surface area contributed by atoms with Crippen LogP contribution in [0.1, 0.15) is 33.1 Å². The van der Waals surface area contributed by atoms with Crippen molar-refractivity contribution in [1.82, 2.24) is 19.5 Å². The Morgan fingerprint density at radius 2 is 1.79 bits per heavy atom. The first-order valence-corrected chi connectivity index (χ1v) is 9.47. The molecule has 1 amide bonds. The van der Waals surface area contributed by atoms with Crippen LogP contribution in [0.4, 0.5) is 0 Å². The molecule has 3 rings (SSSR count). The van der Waals surface area contributed by atoms with Gasteiger partial charge in [-0.05, 0) is 46.5 Å². The molecule has 0 N–H and O–H groups in total. The average molecular weight is 380 g/mol. The molecule has 1 aromatic carbocycles. The van der Waals surface area contributed by atoms with Gasteiger partial charge in [0.25, 0.3) is 5.91 Å². The number of hydrogen-bond donors (Lipinski definition) is 0. The van der Waals surface area contributed by atoms with Crippen molar-refractivity contribution in [3.05, 3.63) is 70.7 Å². The average Bonchev–Trinajstić information content (AvgIpc) is 3.21. The van der Waals surface area contributed by atoms with Gasteiger partial charge in [-0.25, -0.2) is 0 Å². The number of nitrogens with zero attached hydrogens (tertiary/aromatic N) is 4. The van der Waals surface area contributed by atoms with E-state index in [2.05, 4.69) is 22.2 Å². The fourth-order valence-electron chi connectivity index (χ4n) is 3.34. The van der Waals surface area contributed by atoms with E-state index in [1.165, 1.54) is 0 Å². The molecule has 0 atom stereocenters. The second kappa shape index (κ2) is 8.44. The van der Waals surface area contributed by atoms with Gasteiger partial charge in [0.15, 0.2) is 5.82 Å². The smallest absolute Gasteiger partial charge is 0.256 e. The molecule has 3 aromatic rings. The van der Waals surface area contributed by atoms with E-state index in [1.807, 2.05) is 74.7 Å². The lowest BCUT2D eigenvalue weighted by Crippen LogP contribution is -2.36. The second-order valence-corrected chi connectivity index (χ2v) is 7.43. The van der Waals surface area contributed by atoms with Crippen LogP contribution < -0.4 is 0 Å². The normalized spacial score (nSPS) is 11.2. The topological polar surface area (TPSA) is 54.5 Å². The van der Waals surface area contributed by atoms with Gasteiger partial charge < -0.3 is 14.3 Å². The number of aryl methyl sites for hydroxylation is 2. The third kappa shape index (κ3) is 4.34. The van der Waals surface area contributed by atoms with Crippen LogP contribution in [0, 0.1) is 20.8 Å². The summed E-state index contributed by atoms with van der Waals surface area (Å²) >= 11 is 0.